The van der Waals surface area contributed by atoms with Gasteiger partial charge >= 0.3 is 10.2 Å². The van der Waals surface area contributed by atoms with Crippen LogP contribution in [0, 0.1) is 5.82 Å². The first kappa shape index (κ1) is 8.06. The summed E-state index contributed by atoms with van der Waals surface area (Å²) in [6.45, 7) is 0. The molecule has 1 aromatic rings. The largest absolute Gasteiger partial charge is 0.335 e. The molecule has 60 valence electrons. The minimum Gasteiger partial charge on any atom is -0.262 e. The third-order valence-electron chi connectivity index (χ3n) is 0.998. The minimum absolute atomic E-state index is 0.631. The Balaban J connectivity index is 3.37. The summed E-state index contributed by atoms with van der Waals surface area (Å²) in [4.78, 5) is 2.27. The molecule has 6 heteroatoms. The smallest absolute Gasteiger partial charge is 0.262 e. The summed E-state index contributed by atoms with van der Waals surface area (Å²) in [6, 6.07) is 0.755. The van der Waals surface area contributed by atoms with Gasteiger partial charge < -0.3 is 0 Å². The Morgan fingerprint density at radius 2 is 2.09 bits per heavy atom. The molecule has 0 amide bonds. The second kappa shape index (κ2) is 2.54. The molecule has 0 fully saturated rings. The Bertz CT molecular complexity index is 363. The standard InChI is InChI=1S/C5H3F2NO2S/c6-4-3-8-2-1-5(4)11(7,9)10/h1-3H. The van der Waals surface area contributed by atoms with Crippen LogP contribution in [0.3, 0.4) is 0 Å². The number of hydrogen-bond acceptors (Lipinski definition) is 3. The number of aromatic nitrogens is 1. The monoisotopic (exact) mass is 179 g/mol. The molecule has 0 aliphatic carbocycles. The molecular weight excluding hydrogens is 176 g/mol. The molecule has 1 heterocycles. The van der Waals surface area contributed by atoms with E-state index in [1.807, 2.05) is 0 Å². The zero-order chi connectivity index (χ0) is 8.48. The van der Waals surface area contributed by atoms with Crippen molar-refractivity contribution in [2.24, 2.45) is 0 Å². The van der Waals surface area contributed by atoms with E-state index in [1.165, 1.54) is 0 Å². The van der Waals surface area contributed by atoms with Gasteiger partial charge in [0, 0.05) is 6.20 Å². The summed E-state index contributed by atoms with van der Waals surface area (Å²) in [5.41, 5.74) is 0. The molecule has 0 aliphatic heterocycles. The normalized spacial score (nSPS) is 11.5. The SMILES string of the molecule is O=S(=O)(F)c1ccncc1F. The van der Waals surface area contributed by atoms with Crippen LogP contribution < -0.4 is 0 Å². The predicted molar refractivity (Wildman–Crippen MR) is 32.5 cm³/mol. The Hall–Kier alpha value is -1.04. The summed E-state index contributed by atoms with van der Waals surface area (Å²) in [5, 5.41) is 0. The van der Waals surface area contributed by atoms with E-state index >= 15 is 0 Å². The van der Waals surface area contributed by atoms with Gasteiger partial charge in [0.25, 0.3) is 0 Å². The summed E-state index contributed by atoms with van der Waals surface area (Å²) in [5.74, 6) is -1.19. The van der Waals surface area contributed by atoms with Crippen LogP contribution >= 0.6 is 0 Å². The van der Waals surface area contributed by atoms with Crippen LogP contribution in [0.5, 0.6) is 0 Å². The van der Waals surface area contributed by atoms with Gasteiger partial charge in [-0.05, 0) is 6.07 Å². The van der Waals surface area contributed by atoms with Crippen molar-refractivity contribution in [1.82, 2.24) is 4.98 Å². The summed E-state index contributed by atoms with van der Waals surface area (Å²) in [7, 11) is -4.95. The Morgan fingerprint density at radius 3 is 2.45 bits per heavy atom. The fourth-order valence-electron chi connectivity index (χ4n) is 0.560. The molecule has 0 N–H and O–H groups in total. The zero-order valence-electron chi connectivity index (χ0n) is 5.16. The zero-order valence-corrected chi connectivity index (χ0v) is 5.98. The van der Waals surface area contributed by atoms with Crippen molar-refractivity contribution in [2.45, 2.75) is 4.90 Å². The lowest BCUT2D eigenvalue weighted by Crippen LogP contribution is -1.96. The van der Waals surface area contributed by atoms with Gasteiger partial charge in [0.2, 0.25) is 0 Å². The fraction of sp³-hybridized carbons (Fsp3) is 0. The lowest BCUT2D eigenvalue weighted by atomic mass is 10.5. The number of pyridine rings is 1. The molecule has 0 saturated carbocycles. The van der Waals surface area contributed by atoms with E-state index in [2.05, 4.69) is 4.98 Å². The molecule has 0 spiro atoms. The van der Waals surface area contributed by atoms with Crippen LogP contribution in [0.15, 0.2) is 23.4 Å². The Kier molecular flexibility index (Phi) is 1.86. The van der Waals surface area contributed by atoms with Gasteiger partial charge in [-0.2, -0.15) is 8.42 Å². The van der Waals surface area contributed by atoms with Crippen molar-refractivity contribution in [3.63, 3.8) is 0 Å². The van der Waals surface area contributed by atoms with Gasteiger partial charge in [-0.25, -0.2) is 4.39 Å². The van der Waals surface area contributed by atoms with Crippen LogP contribution in [-0.4, -0.2) is 13.4 Å². The van der Waals surface area contributed by atoms with E-state index in [9.17, 15) is 16.7 Å². The van der Waals surface area contributed by atoms with Crippen molar-refractivity contribution in [3.8, 4) is 0 Å². The maximum atomic E-state index is 12.4. The van der Waals surface area contributed by atoms with E-state index in [1.54, 1.807) is 0 Å². The average Bonchev–Trinajstić information content (AvgIpc) is 1.86. The third-order valence-corrected chi connectivity index (χ3v) is 1.85. The Labute approximate surface area is 61.9 Å². The van der Waals surface area contributed by atoms with Crippen molar-refractivity contribution in [3.05, 3.63) is 24.3 Å². The summed E-state index contributed by atoms with van der Waals surface area (Å²) in [6.07, 6.45) is 1.63. The molecule has 0 bridgehead atoms. The van der Waals surface area contributed by atoms with Gasteiger partial charge in [-0.3, -0.25) is 4.98 Å². The number of rotatable bonds is 1. The topological polar surface area (TPSA) is 47.0 Å². The van der Waals surface area contributed by atoms with Gasteiger partial charge in [-0.1, -0.05) is 0 Å². The highest BCUT2D eigenvalue weighted by Crippen LogP contribution is 2.13. The molecule has 11 heavy (non-hydrogen) atoms. The van der Waals surface area contributed by atoms with Crippen LogP contribution in [-0.2, 0) is 10.2 Å². The molecule has 0 aliphatic rings. The molecular formula is C5H3F2NO2S. The van der Waals surface area contributed by atoms with E-state index < -0.39 is 20.9 Å². The van der Waals surface area contributed by atoms with Gasteiger partial charge in [-0.15, -0.1) is 3.89 Å². The van der Waals surface area contributed by atoms with Crippen molar-refractivity contribution < 1.29 is 16.7 Å². The fourth-order valence-corrected chi connectivity index (χ4v) is 1.07. The first-order chi connectivity index (χ1) is 5.02. The molecule has 0 aromatic carbocycles. The highest BCUT2D eigenvalue weighted by atomic mass is 32.3. The lowest BCUT2D eigenvalue weighted by Gasteiger charge is -1.93. The van der Waals surface area contributed by atoms with Gasteiger partial charge in [0.15, 0.2) is 5.82 Å². The maximum absolute atomic E-state index is 12.4. The van der Waals surface area contributed by atoms with E-state index in [0.717, 1.165) is 12.3 Å². The van der Waals surface area contributed by atoms with Crippen molar-refractivity contribution in [1.29, 1.82) is 0 Å². The third kappa shape index (κ3) is 1.70. The van der Waals surface area contributed by atoms with E-state index in [4.69, 9.17) is 0 Å². The first-order valence-electron chi connectivity index (χ1n) is 2.56. The summed E-state index contributed by atoms with van der Waals surface area (Å²) >= 11 is 0. The summed E-state index contributed by atoms with van der Waals surface area (Å²) < 4.78 is 44.7. The van der Waals surface area contributed by atoms with Crippen molar-refractivity contribution in [2.75, 3.05) is 0 Å². The van der Waals surface area contributed by atoms with Crippen LogP contribution in [0.4, 0.5) is 8.28 Å². The second-order valence-electron chi connectivity index (χ2n) is 1.74. The van der Waals surface area contributed by atoms with E-state index in [0.29, 0.717) is 6.20 Å². The number of hydrogen-bond donors (Lipinski definition) is 0. The van der Waals surface area contributed by atoms with Crippen LogP contribution in [0.1, 0.15) is 0 Å². The lowest BCUT2D eigenvalue weighted by molar-refractivity contribution is 0.531. The predicted octanol–water partition coefficient (Wildman–Crippen LogP) is 0.879. The molecule has 0 atom stereocenters. The quantitative estimate of drug-likeness (QED) is 0.601. The highest BCUT2D eigenvalue weighted by Gasteiger charge is 2.16. The van der Waals surface area contributed by atoms with Gasteiger partial charge in [0.05, 0.1) is 6.20 Å². The Morgan fingerprint density at radius 1 is 1.45 bits per heavy atom. The molecule has 1 aromatic heterocycles. The van der Waals surface area contributed by atoms with Crippen LogP contribution in [0.25, 0.3) is 0 Å². The molecule has 0 unspecified atom stereocenters. The number of halogens is 2. The van der Waals surface area contributed by atoms with Crippen molar-refractivity contribution >= 4 is 10.2 Å². The minimum atomic E-state index is -4.95. The molecule has 0 radical (unpaired) electrons. The molecule has 3 nitrogen and oxygen atoms in total. The second-order valence-corrected chi connectivity index (χ2v) is 3.06. The highest BCUT2D eigenvalue weighted by molar-refractivity contribution is 7.86. The van der Waals surface area contributed by atoms with E-state index in [-0.39, 0.29) is 0 Å². The van der Waals surface area contributed by atoms with Gasteiger partial charge in [0.1, 0.15) is 4.90 Å². The first-order valence-corrected chi connectivity index (χ1v) is 3.94. The number of nitrogens with zero attached hydrogens (tertiary/aromatic N) is 1. The van der Waals surface area contributed by atoms with Crippen LogP contribution in [0.2, 0.25) is 0 Å². The maximum Gasteiger partial charge on any atom is 0.335 e. The molecule has 0 saturated heterocycles. The molecule has 1 rings (SSSR count). The average molecular weight is 179 g/mol.